The highest BCUT2D eigenvalue weighted by atomic mass is 19.3. The third-order valence-electron chi connectivity index (χ3n) is 5.30. The highest BCUT2D eigenvalue weighted by molar-refractivity contribution is 6.04. The fourth-order valence-electron chi connectivity index (χ4n) is 3.86. The number of fused-ring (bicyclic) bond motifs is 2. The van der Waals surface area contributed by atoms with Gasteiger partial charge in [-0.2, -0.15) is 13.9 Å². The van der Waals surface area contributed by atoms with Crippen molar-refractivity contribution in [1.82, 2.24) is 29.6 Å². The van der Waals surface area contributed by atoms with Crippen LogP contribution in [0.25, 0.3) is 33.3 Å². The first kappa shape index (κ1) is 20.7. The van der Waals surface area contributed by atoms with Crippen molar-refractivity contribution in [3.63, 3.8) is 0 Å². The van der Waals surface area contributed by atoms with E-state index in [1.807, 2.05) is 20.8 Å². The fourth-order valence-corrected chi connectivity index (χ4v) is 3.86. The van der Waals surface area contributed by atoms with Crippen LogP contribution in [0.1, 0.15) is 43.2 Å². The molecule has 162 valence electrons. The Morgan fingerprint density at radius 3 is 2.55 bits per heavy atom. The number of aromatic nitrogens is 5. The number of carbonyl (C=O) groups excluding carboxylic acids is 1. The number of benzene rings is 1. The molecule has 0 aliphatic rings. The summed E-state index contributed by atoms with van der Waals surface area (Å²) in [5, 5.41) is 8.19. The molecule has 0 radical (unpaired) electrons. The van der Waals surface area contributed by atoms with Crippen LogP contribution in [0.5, 0.6) is 0 Å². The van der Waals surface area contributed by atoms with Crippen LogP contribution in [0.15, 0.2) is 24.5 Å². The predicted molar refractivity (Wildman–Crippen MR) is 115 cm³/mol. The molecule has 1 aromatic carbocycles. The lowest BCUT2D eigenvalue weighted by Gasteiger charge is -2.19. The summed E-state index contributed by atoms with van der Waals surface area (Å²) in [5.74, 6) is -0.199. The quantitative estimate of drug-likeness (QED) is 0.517. The number of rotatable bonds is 3. The average molecular weight is 427 g/mol. The number of nitrogen functional groups attached to an aromatic ring is 1. The minimum atomic E-state index is -2.87. The maximum atomic E-state index is 14.4. The number of nitrogens with two attached hydrogens (primary N) is 1. The van der Waals surface area contributed by atoms with E-state index in [0.29, 0.717) is 22.0 Å². The number of amides is 1. The Morgan fingerprint density at radius 2 is 1.94 bits per heavy atom. The van der Waals surface area contributed by atoms with Gasteiger partial charge in [0.2, 0.25) is 0 Å². The minimum absolute atomic E-state index is 0.159. The molecule has 3 N–H and O–H groups in total. The molecular formula is C21H23F2N7O. The lowest BCUT2D eigenvalue weighted by molar-refractivity contribution is 0.0766. The summed E-state index contributed by atoms with van der Waals surface area (Å²) in [7, 11) is 1.49. The molecule has 0 aliphatic carbocycles. The second-order valence-electron chi connectivity index (χ2n) is 8.32. The van der Waals surface area contributed by atoms with Crippen LogP contribution in [-0.2, 0) is 5.54 Å². The number of nitrogens with one attached hydrogen (secondary N) is 1. The maximum absolute atomic E-state index is 14.4. The molecule has 4 rings (SSSR count). The molecule has 0 saturated carbocycles. The Bertz CT molecular complexity index is 1330. The van der Waals surface area contributed by atoms with E-state index in [4.69, 9.17) is 5.73 Å². The molecule has 3 aromatic heterocycles. The molecule has 3 heterocycles. The van der Waals surface area contributed by atoms with Crippen LogP contribution in [0, 0.1) is 6.92 Å². The number of hydrogen-bond acceptors (Lipinski definition) is 5. The molecule has 0 atom stereocenters. The van der Waals surface area contributed by atoms with Crippen molar-refractivity contribution in [3.05, 3.63) is 35.7 Å². The topological polar surface area (TPSA) is 104 Å². The van der Waals surface area contributed by atoms with Crippen LogP contribution < -0.4 is 11.1 Å². The van der Waals surface area contributed by atoms with E-state index in [9.17, 15) is 13.6 Å². The summed E-state index contributed by atoms with van der Waals surface area (Å²) < 4.78 is 31.3. The van der Waals surface area contributed by atoms with Gasteiger partial charge >= 0.3 is 6.55 Å². The minimum Gasteiger partial charge on any atom is -0.383 e. The Hall–Kier alpha value is -3.56. The second-order valence-corrected chi connectivity index (χ2v) is 8.32. The number of aryl methyl sites for hydroxylation is 1. The molecule has 0 bridgehead atoms. The van der Waals surface area contributed by atoms with Crippen LogP contribution in [0.4, 0.5) is 14.6 Å². The average Bonchev–Trinajstić information content (AvgIpc) is 3.23. The lowest BCUT2D eigenvalue weighted by Crippen LogP contribution is -2.23. The largest absolute Gasteiger partial charge is 0.383 e. The van der Waals surface area contributed by atoms with Gasteiger partial charge in [0, 0.05) is 18.0 Å². The van der Waals surface area contributed by atoms with E-state index in [2.05, 4.69) is 20.4 Å². The maximum Gasteiger partial charge on any atom is 0.319 e. The van der Waals surface area contributed by atoms with Crippen LogP contribution in [0.3, 0.4) is 0 Å². The molecule has 10 heteroatoms. The summed E-state index contributed by atoms with van der Waals surface area (Å²) in [4.78, 5) is 20.5. The number of carbonyl (C=O) groups is 1. The molecule has 0 fully saturated rings. The zero-order valence-electron chi connectivity index (χ0n) is 17.9. The van der Waals surface area contributed by atoms with E-state index in [-0.39, 0.29) is 34.2 Å². The second kappa shape index (κ2) is 7.00. The summed E-state index contributed by atoms with van der Waals surface area (Å²) in [6.45, 7) is 4.69. The molecule has 0 saturated heterocycles. The summed E-state index contributed by atoms with van der Waals surface area (Å²) >= 11 is 0. The third kappa shape index (κ3) is 3.09. The van der Waals surface area contributed by atoms with Gasteiger partial charge in [-0.15, -0.1) is 0 Å². The molecule has 0 spiro atoms. The fraction of sp³-hybridized carbons (Fsp3) is 0.333. The number of hydrogen-bond donors (Lipinski definition) is 2. The first-order chi connectivity index (χ1) is 14.6. The number of nitrogens with zero attached hydrogens (tertiary/aromatic N) is 5. The van der Waals surface area contributed by atoms with Gasteiger partial charge in [0.1, 0.15) is 17.8 Å². The Morgan fingerprint density at radius 1 is 1.23 bits per heavy atom. The van der Waals surface area contributed by atoms with Gasteiger partial charge in [-0.25, -0.2) is 14.6 Å². The van der Waals surface area contributed by atoms with Gasteiger partial charge < -0.3 is 11.1 Å². The Balaban J connectivity index is 2.14. The Kier molecular flexibility index (Phi) is 4.68. The van der Waals surface area contributed by atoms with Crippen LogP contribution in [0.2, 0.25) is 0 Å². The summed E-state index contributed by atoms with van der Waals surface area (Å²) in [6, 6.07) is 4.73. The van der Waals surface area contributed by atoms with Gasteiger partial charge in [0.05, 0.1) is 22.1 Å². The van der Waals surface area contributed by atoms with E-state index >= 15 is 0 Å². The monoisotopic (exact) mass is 427 g/mol. The molecule has 1 amide bonds. The first-order valence-corrected chi connectivity index (χ1v) is 9.71. The van der Waals surface area contributed by atoms with E-state index in [1.165, 1.54) is 19.4 Å². The molecule has 8 nitrogen and oxygen atoms in total. The summed E-state index contributed by atoms with van der Waals surface area (Å²) in [5.41, 5.74) is 7.75. The zero-order valence-corrected chi connectivity index (χ0v) is 17.9. The van der Waals surface area contributed by atoms with Gasteiger partial charge in [0.25, 0.3) is 5.91 Å². The SMILES string of the molecule is CNC(=O)c1ccc2c(C)c(-c3nn(C(C)(C)C)c4ncnc(N)c34)n(C(F)F)c2c1. The molecular weight excluding hydrogens is 404 g/mol. The smallest absolute Gasteiger partial charge is 0.319 e. The number of alkyl halides is 2. The van der Waals surface area contributed by atoms with Crippen molar-refractivity contribution >= 4 is 33.7 Å². The number of halogens is 2. The van der Waals surface area contributed by atoms with Crippen LogP contribution >= 0.6 is 0 Å². The summed E-state index contributed by atoms with van der Waals surface area (Å²) in [6.07, 6.45) is 1.33. The van der Waals surface area contributed by atoms with E-state index < -0.39 is 12.1 Å². The van der Waals surface area contributed by atoms with Crippen LogP contribution in [-0.4, -0.2) is 37.3 Å². The predicted octanol–water partition coefficient (Wildman–Crippen LogP) is 3.85. The van der Waals surface area contributed by atoms with Gasteiger partial charge in [-0.05, 0) is 45.4 Å². The highest BCUT2D eigenvalue weighted by Crippen LogP contribution is 2.41. The highest BCUT2D eigenvalue weighted by Gasteiger charge is 2.29. The van der Waals surface area contributed by atoms with Crippen molar-refractivity contribution < 1.29 is 13.6 Å². The Labute approximate surface area is 177 Å². The van der Waals surface area contributed by atoms with Gasteiger partial charge in [0.15, 0.2) is 5.65 Å². The molecule has 0 aliphatic heterocycles. The van der Waals surface area contributed by atoms with Crippen molar-refractivity contribution in [3.8, 4) is 11.4 Å². The molecule has 31 heavy (non-hydrogen) atoms. The van der Waals surface area contributed by atoms with Crippen molar-refractivity contribution in [2.45, 2.75) is 39.8 Å². The first-order valence-electron chi connectivity index (χ1n) is 9.71. The zero-order chi connectivity index (χ0) is 22.7. The van der Waals surface area contributed by atoms with Gasteiger partial charge in [-0.3, -0.25) is 9.36 Å². The molecule has 4 aromatic rings. The van der Waals surface area contributed by atoms with Crippen molar-refractivity contribution in [2.75, 3.05) is 12.8 Å². The van der Waals surface area contributed by atoms with E-state index in [1.54, 1.807) is 23.7 Å². The van der Waals surface area contributed by atoms with E-state index in [0.717, 1.165) is 4.57 Å². The van der Waals surface area contributed by atoms with Crippen molar-refractivity contribution in [1.29, 1.82) is 0 Å². The van der Waals surface area contributed by atoms with Gasteiger partial charge in [-0.1, -0.05) is 6.07 Å². The number of anilines is 1. The normalized spacial score (nSPS) is 12.3. The standard InChI is InChI=1S/C21H23F2N7O/c1-10-12-7-6-11(19(31)25-5)8-13(12)29(20(22)23)16(10)15-14-17(24)26-9-27-18(14)30(28-15)21(2,3)4/h6-9,20H,1-5H3,(H,25,31)(H2,24,26,27). The molecule has 0 unspecified atom stereocenters. The van der Waals surface area contributed by atoms with Crippen molar-refractivity contribution in [2.24, 2.45) is 0 Å². The lowest BCUT2D eigenvalue weighted by atomic mass is 10.1. The third-order valence-corrected chi connectivity index (χ3v) is 5.30.